The third-order valence-electron chi connectivity index (χ3n) is 4.11. The predicted molar refractivity (Wildman–Crippen MR) is 116 cm³/mol. The Morgan fingerprint density at radius 3 is 2.57 bits per heavy atom. The Balaban J connectivity index is 1.43. The van der Waals surface area contributed by atoms with Crippen molar-refractivity contribution in [2.75, 3.05) is 4.72 Å². The Hall–Kier alpha value is -2.66. The van der Waals surface area contributed by atoms with Gasteiger partial charge in [-0.15, -0.1) is 21.5 Å². The molecule has 3 heterocycles. The molecule has 0 saturated carbocycles. The highest BCUT2D eigenvalue weighted by atomic mass is 35.5. The zero-order valence-electron chi connectivity index (χ0n) is 15.0. The van der Waals surface area contributed by atoms with Gasteiger partial charge in [-0.2, -0.15) is 0 Å². The zero-order valence-corrected chi connectivity index (χ0v) is 18.2. The summed E-state index contributed by atoms with van der Waals surface area (Å²) in [5.41, 5.74) is 1.34. The van der Waals surface area contributed by atoms with E-state index in [1.165, 1.54) is 30.3 Å². The van der Waals surface area contributed by atoms with E-state index < -0.39 is 10.0 Å². The van der Waals surface area contributed by atoms with Crippen LogP contribution < -0.4 is 10.0 Å². The number of nitrogens with zero attached hydrogens (tertiary/aromatic N) is 3. The number of aromatic nitrogens is 3. The van der Waals surface area contributed by atoms with Crippen LogP contribution in [0.2, 0.25) is 8.67 Å². The fourth-order valence-corrected chi connectivity index (χ4v) is 5.89. The van der Waals surface area contributed by atoms with Crippen LogP contribution in [-0.4, -0.2) is 28.9 Å². The molecule has 0 aliphatic carbocycles. The van der Waals surface area contributed by atoms with Gasteiger partial charge in [0.05, 0.1) is 10.9 Å². The molecule has 0 radical (unpaired) electrons. The van der Waals surface area contributed by atoms with Crippen LogP contribution in [0.5, 0.6) is 0 Å². The molecule has 4 rings (SSSR count). The first-order valence-corrected chi connectivity index (χ1v) is 11.5. The summed E-state index contributed by atoms with van der Waals surface area (Å²) in [4.78, 5) is 12.3. The third kappa shape index (κ3) is 4.26. The van der Waals surface area contributed by atoms with E-state index in [1.807, 2.05) is 24.4 Å². The van der Waals surface area contributed by atoms with E-state index in [-0.39, 0.29) is 31.7 Å². The van der Waals surface area contributed by atoms with E-state index in [0.29, 0.717) is 17.0 Å². The summed E-state index contributed by atoms with van der Waals surface area (Å²) < 4.78 is 29.4. The van der Waals surface area contributed by atoms with Crippen molar-refractivity contribution in [1.82, 2.24) is 19.9 Å². The SMILES string of the molecule is O=C(NCc1nnc2ccccn12)c1ccc(NS(=O)(=O)c2cc(Cl)sc2Cl)cc1. The molecular weight excluding hydrogens is 469 g/mol. The Labute approximate surface area is 185 Å². The number of carbonyl (C=O) groups is 1. The van der Waals surface area contributed by atoms with Gasteiger partial charge in [0.25, 0.3) is 15.9 Å². The second kappa shape index (κ2) is 8.23. The van der Waals surface area contributed by atoms with Crippen molar-refractivity contribution in [3.05, 3.63) is 74.8 Å². The van der Waals surface area contributed by atoms with E-state index in [0.717, 1.165) is 11.3 Å². The molecule has 154 valence electrons. The average Bonchev–Trinajstić information content (AvgIpc) is 3.29. The lowest BCUT2D eigenvalue weighted by molar-refractivity contribution is 0.0950. The molecule has 1 amide bonds. The number of halogens is 2. The highest BCUT2D eigenvalue weighted by molar-refractivity contribution is 7.93. The second-order valence-electron chi connectivity index (χ2n) is 6.10. The lowest BCUT2D eigenvalue weighted by Gasteiger charge is -2.08. The van der Waals surface area contributed by atoms with Gasteiger partial charge >= 0.3 is 0 Å². The number of fused-ring (bicyclic) bond motifs is 1. The number of amides is 1. The normalized spacial score (nSPS) is 11.5. The number of nitrogens with one attached hydrogen (secondary N) is 2. The molecule has 3 aromatic heterocycles. The molecule has 2 N–H and O–H groups in total. The predicted octanol–water partition coefficient (Wildman–Crippen LogP) is 3.83. The number of thiophene rings is 1. The summed E-state index contributed by atoms with van der Waals surface area (Å²) in [5, 5.41) is 10.8. The number of pyridine rings is 1. The fourth-order valence-electron chi connectivity index (χ4n) is 2.68. The quantitative estimate of drug-likeness (QED) is 0.435. The molecule has 0 fully saturated rings. The number of benzene rings is 1. The minimum atomic E-state index is -3.89. The highest BCUT2D eigenvalue weighted by Gasteiger charge is 2.21. The number of hydrogen-bond donors (Lipinski definition) is 2. The van der Waals surface area contributed by atoms with Gasteiger partial charge in [0.15, 0.2) is 11.5 Å². The lowest BCUT2D eigenvalue weighted by Crippen LogP contribution is -2.24. The Bertz CT molecular complexity index is 1330. The molecule has 0 unspecified atom stereocenters. The molecule has 12 heteroatoms. The molecule has 0 aliphatic rings. The maximum atomic E-state index is 12.5. The smallest absolute Gasteiger partial charge is 0.264 e. The Morgan fingerprint density at radius 1 is 1.10 bits per heavy atom. The van der Waals surface area contributed by atoms with Crippen molar-refractivity contribution in [3.8, 4) is 0 Å². The first kappa shape index (κ1) is 20.6. The van der Waals surface area contributed by atoms with Crippen LogP contribution in [-0.2, 0) is 16.6 Å². The first-order chi connectivity index (χ1) is 14.3. The third-order valence-corrected chi connectivity index (χ3v) is 7.24. The van der Waals surface area contributed by atoms with E-state index in [9.17, 15) is 13.2 Å². The van der Waals surface area contributed by atoms with Crippen molar-refractivity contribution >= 4 is 61.8 Å². The van der Waals surface area contributed by atoms with Gasteiger partial charge in [-0.3, -0.25) is 13.9 Å². The van der Waals surface area contributed by atoms with Crippen LogP contribution in [0.4, 0.5) is 5.69 Å². The number of carbonyl (C=O) groups excluding carboxylic acids is 1. The molecule has 0 aliphatic heterocycles. The number of hydrogen-bond acceptors (Lipinski definition) is 6. The summed E-state index contributed by atoms with van der Waals surface area (Å²) in [6.45, 7) is 0.190. The summed E-state index contributed by atoms with van der Waals surface area (Å²) in [7, 11) is -3.89. The summed E-state index contributed by atoms with van der Waals surface area (Å²) in [5.74, 6) is 0.263. The molecule has 8 nitrogen and oxygen atoms in total. The van der Waals surface area contributed by atoms with Crippen LogP contribution in [0.1, 0.15) is 16.2 Å². The van der Waals surface area contributed by atoms with Crippen LogP contribution in [0.3, 0.4) is 0 Å². The van der Waals surface area contributed by atoms with Gasteiger partial charge in [-0.05, 0) is 42.5 Å². The highest BCUT2D eigenvalue weighted by Crippen LogP contribution is 2.35. The summed E-state index contributed by atoms with van der Waals surface area (Å²) in [6.07, 6.45) is 1.81. The maximum absolute atomic E-state index is 12.5. The summed E-state index contributed by atoms with van der Waals surface area (Å²) in [6, 6.07) is 12.8. The van der Waals surface area contributed by atoms with Gasteiger partial charge in [-0.25, -0.2) is 8.42 Å². The van der Waals surface area contributed by atoms with Crippen molar-refractivity contribution < 1.29 is 13.2 Å². The van der Waals surface area contributed by atoms with Crippen LogP contribution in [0.15, 0.2) is 59.6 Å². The van der Waals surface area contributed by atoms with Crippen LogP contribution in [0, 0.1) is 0 Å². The fraction of sp³-hybridized carbons (Fsp3) is 0.0556. The number of sulfonamides is 1. The monoisotopic (exact) mass is 481 g/mol. The average molecular weight is 482 g/mol. The molecule has 0 saturated heterocycles. The summed E-state index contributed by atoms with van der Waals surface area (Å²) >= 11 is 12.7. The lowest BCUT2D eigenvalue weighted by atomic mass is 10.2. The molecule has 0 atom stereocenters. The van der Waals surface area contributed by atoms with Gasteiger partial charge in [0.1, 0.15) is 9.23 Å². The van der Waals surface area contributed by atoms with Gasteiger partial charge in [0.2, 0.25) is 0 Å². The van der Waals surface area contributed by atoms with E-state index in [4.69, 9.17) is 23.2 Å². The first-order valence-electron chi connectivity index (χ1n) is 8.48. The zero-order chi connectivity index (χ0) is 21.3. The van der Waals surface area contributed by atoms with Gasteiger partial charge < -0.3 is 5.32 Å². The standard InChI is InChI=1S/C18H13Cl2N5O3S2/c19-14-9-13(17(20)29-14)30(27,28)24-12-6-4-11(5-7-12)18(26)21-10-16-23-22-15-3-1-2-8-25(15)16/h1-9,24H,10H2,(H,21,26). The van der Waals surface area contributed by atoms with E-state index >= 15 is 0 Å². The topological polar surface area (TPSA) is 105 Å². The minimum absolute atomic E-state index is 0.0736. The molecule has 0 bridgehead atoms. The van der Waals surface area contributed by atoms with E-state index in [1.54, 1.807) is 4.40 Å². The minimum Gasteiger partial charge on any atom is -0.345 e. The number of rotatable bonds is 6. The maximum Gasteiger partial charge on any atom is 0.264 e. The number of anilines is 1. The van der Waals surface area contributed by atoms with Crippen molar-refractivity contribution in [3.63, 3.8) is 0 Å². The van der Waals surface area contributed by atoms with Crippen LogP contribution >= 0.6 is 34.5 Å². The molecule has 30 heavy (non-hydrogen) atoms. The second-order valence-corrected chi connectivity index (χ2v) is 10.0. The molecule has 4 aromatic rings. The largest absolute Gasteiger partial charge is 0.345 e. The molecular formula is C18H13Cl2N5O3S2. The molecule has 1 aromatic carbocycles. The van der Waals surface area contributed by atoms with E-state index in [2.05, 4.69) is 20.2 Å². The van der Waals surface area contributed by atoms with Crippen molar-refractivity contribution in [1.29, 1.82) is 0 Å². The van der Waals surface area contributed by atoms with Gasteiger partial charge in [-0.1, -0.05) is 29.3 Å². The van der Waals surface area contributed by atoms with Crippen molar-refractivity contribution in [2.24, 2.45) is 0 Å². The Morgan fingerprint density at radius 2 is 1.87 bits per heavy atom. The molecule has 0 spiro atoms. The van der Waals surface area contributed by atoms with Crippen molar-refractivity contribution in [2.45, 2.75) is 11.4 Å². The van der Waals surface area contributed by atoms with Gasteiger partial charge in [0, 0.05) is 17.4 Å². The Kier molecular flexibility index (Phi) is 5.65. The van der Waals surface area contributed by atoms with Crippen LogP contribution in [0.25, 0.3) is 5.65 Å².